The molecule has 0 N–H and O–H groups in total. The van der Waals surface area contributed by atoms with Crippen molar-refractivity contribution in [1.82, 2.24) is 0 Å². The standard InChI is InChI=1S/C28H50OP2/c1-19(31(29,27(11,12)13)28(14,15)16)30-23-21(25(5,6)7)17-20(24(2,3)4)18-22(23)26(8,9)10/h17-18H,1-16H3. The van der Waals surface area contributed by atoms with Crippen LogP contribution in [-0.4, -0.2) is 15.3 Å². The Morgan fingerprint density at radius 1 is 0.645 bits per heavy atom. The van der Waals surface area contributed by atoms with Crippen molar-refractivity contribution in [3.63, 3.8) is 0 Å². The first-order valence-corrected chi connectivity index (χ1v) is 14.3. The number of hydrogen-bond donors (Lipinski definition) is 0. The van der Waals surface area contributed by atoms with Gasteiger partial charge in [-0.05, 0) is 39.9 Å². The highest BCUT2D eigenvalue weighted by molar-refractivity contribution is 7.92. The van der Waals surface area contributed by atoms with Gasteiger partial charge in [0.1, 0.15) is 7.14 Å². The van der Waals surface area contributed by atoms with Crippen LogP contribution in [0.1, 0.15) is 127 Å². The predicted molar refractivity (Wildman–Crippen MR) is 147 cm³/mol. The van der Waals surface area contributed by atoms with Crippen LogP contribution in [0.4, 0.5) is 0 Å². The maximum Gasteiger partial charge on any atom is 0.125 e. The van der Waals surface area contributed by atoms with Crippen molar-refractivity contribution in [1.29, 1.82) is 0 Å². The van der Waals surface area contributed by atoms with Gasteiger partial charge in [0.2, 0.25) is 0 Å². The van der Waals surface area contributed by atoms with Gasteiger partial charge in [-0.1, -0.05) is 124 Å². The van der Waals surface area contributed by atoms with Crippen molar-refractivity contribution < 1.29 is 4.57 Å². The molecule has 0 unspecified atom stereocenters. The maximum absolute atomic E-state index is 14.7. The van der Waals surface area contributed by atoms with E-state index in [0.29, 0.717) is 0 Å². The molecule has 1 nitrogen and oxygen atoms in total. The van der Waals surface area contributed by atoms with Gasteiger partial charge in [0.25, 0.3) is 0 Å². The van der Waals surface area contributed by atoms with Gasteiger partial charge in [-0.25, -0.2) is 0 Å². The van der Waals surface area contributed by atoms with Gasteiger partial charge in [-0.3, -0.25) is 0 Å². The lowest BCUT2D eigenvalue weighted by Gasteiger charge is -2.42. The largest absolute Gasteiger partial charge is 0.318 e. The number of benzene rings is 1. The second-order valence-electron chi connectivity index (χ2n) is 14.3. The average Bonchev–Trinajstić information content (AvgIpc) is 2.48. The van der Waals surface area contributed by atoms with Crippen LogP contribution in [-0.2, 0) is 20.8 Å². The van der Waals surface area contributed by atoms with Crippen LogP contribution in [0.5, 0.6) is 0 Å². The Labute approximate surface area is 196 Å². The van der Waals surface area contributed by atoms with Gasteiger partial charge in [0, 0.05) is 20.7 Å². The molecule has 0 radical (unpaired) electrons. The molecule has 0 aliphatic rings. The van der Waals surface area contributed by atoms with Gasteiger partial charge >= 0.3 is 0 Å². The van der Waals surface area contributed by atoms with Crippen molar-refractivity contribution in [2.24, 2.45) is 0 Å². The number of hydrogen-bond acceptors (Lipinski definition) is 1. The van der Waals surface area contributed by atoms with Crippen LogP contribution in [0.2, 0.25) is 0 Å². The molecule has 31 heavy (non-hydrogen) atoms. The third-order valence-electron chi connectivity index (χ3n) is 6.21. The first kappa shape index (κ1) is 28.7. The lowest BCUT2D eigenvalue weighted by molar-refractivity contribution is 0.530. The summed E-state index contributed by atoms with van der Waals surface area (Å²) in [5.41, 5.74) is 4.27. The molecule has 1 rings (SSSR count). The lowest BCUT2D eigenvalue weighted by Crippen LogP contribution is -2.33. The van der Waals surface area contributed by atoms with Crippen LogP contribution in [0.25, 0.3) is 0 Å². The lowest BCUT2D eigenvalue weighted by atomic mass is 9.75. The Bertz CT molecular complexity index is 830. The summed E-state index contributed by atoms with van der Waals surface area (Å²) in [6.45, 7) is 35.8. The summed E-state index contributed by atoms with van der Waals surface area (Å²) in [4.78, 5) is 0. The summed E-state index contributed by atoms with van der Waals surface area (Å²) in [6.07, 6.45) is 0. The van der Waals surface area contributed by atoms with E-state index in [-0.39, 0.29) is 26.6 Å². The van der Waals surface area contributed by atoms with Gasteiger partial charge in [-0.2, -0.15) is 0 Å². The van der Waals surface area contributed by atoms with E-state index in [2.05, 4.69) is 123 Å². The van der Waals surface area contributed by atoms with Crippen molar-refractivity contribution in [3.8, 4) is 0 Å². The van der Waals surface area contributed by atoms with Crippen molar-refractivity contribution in [3.05, 3.63) is 28.8 Å². The van der Waals surface area contributed by atoms with Gasteiger partial charge in [0.15, 0.2) is 0 Å². The summed E-state index contributed by atoms with van der Waals surface area (Å²) in [5.74, 6) is 0. The molecule has 0 aromatic heterocycles. The summed E-state index contributed by atoms with van der Waals surface area (Å²) >= 11 is 0. The van der Waals surface area contributed by atoms with Gasteiger partial charge < -0.3 is 4.57 Å². The summed E-state index contributed by atoms with van der Waals surface area (Å²) in [5, 5.41) is 1.96. The van der Waals surface area contributed by atoms with Crippen LogP contribution in [0, 0.1) is 0 Å². The molecule has 0 aliphatic carbocycles. The highest BCUT2D eigenvalue weighted by atomic mass is 31.2. The minimum absolute atomic E-state index is 0.0112. The topological polar surface area (TPSA) is 17.1 Å². The van der Waals surface area contributed by atoms with E-state index in [1.807, 2.05) is 0 Å². The first-order valence-electron chi connectivity index (χ1n) is 11.7. The fourth-order valence-electron chi connectivity index (χ4n) is 4.54. The zero-order valence-electron chi connectivity index (χ0n) is 23.5. The third-order valence-corrected chi connectivity index (χ3v) is 13.1. The molecular formula is C28H50OP2. The minimum atomic E-state index is -2.63. The first-order chi connectivity index (χ1) is 13.3. The fourth-order valence-corrected chi connectivity index (χ4v) is 12.5. The van der Waals surface area contributed by atoms with Gasteiger partial charge in [-0.15, -0.1) is 0 Å². The SMILES string of the molecule is CC(=Pc1c(C(C)(C)C)cc(C(C)(C)C)cc1C(C)(C)C)P(=O)(C(C)(C)C)C(C)(C)C. The molecule has 0 saturated heterocycles. The summed E-state index contributed by atoms with van der Waals surface area (Å²) in [7, 11) is -1.51. The zero-order valence-corrected chi connectivity index (χ0v) is 25.2. The highest BCUT2D eigenvalue weighted by Gasteiger charge is 2.47. The van der Waals surface area contributed by atoms with Gasteiger partial charge in [0.05, 0.1) is 0 Å². The Morgan fingerprint density at radius 2 is 0.968 bits per heavy atom. The Kier molecular flexibility index (Phi) is 7.80. The molecule has 0 aliphatic heterocycles. The molecule has 3 heteroatoms. The summed E-state index contributed by atoms with van der Waals surface area (Å²) in [6, 6.07) is 4.84. The smallest absolute Gasteiger partial charge is 0.125 e. The molecule has 1 aromatic rings. The van der Waals surface area contributed by atoms with Crippen LogP contribution in [0.3, 0.4) is 0 Å². The molecule has 0 fully saturated rings. The third kappa shape index (κ3) is 5.95. The molecule has 0 bridgehead atoms. The predicted octanol–water partition coefficient (Wildman–Crippen LogP) is 9.26. The molecule has 0 spiro atoms. The van der Waals surface area contributed by atoms with Crippen molar-refractivity contribution in [2.45, 2.75) is 137 Å². The fraction of sp³-hybridized carbons (Fsp3) is 0.750. The quantitative estimate of drug-likeness (QED) is 0.399. The normalized spacial score (nSPS) is 15.4. The van der Waals surface area contributed by atoms with Crippen LogP contribution in [0.15, 0.2) is 12.1 Å². The molecule has 0 amide bonds. The Morgan fingerprint density at radius 3 is 1.19 bits per heavy atom. The average molecular weight is 465 g/mol. The number of rotatable bonds is 2. The van der Waals surface area contributed by atoms with Crippen LogP contribution < -0.4 is 5.30 Å². The molecule has 0 atom stereocenters. The van der Waals surface area contributed by atoms with E-state index in [9.17, 15) is 4.57 Å². The second-order valence-corrected chi connectivity index (χ2v) is 20.5. The molecular weight excluding hydrogens is 414 g/mol. The molecule has 1 aromatic carbocycles. The molecule has 0 heterocycles. The Balaban J connectivity index is 4.17. The van der Waals surface area contributed by atoms with E-state index >= 15 is 0 Å². The Hall–Kier alpha value is -0.380. The van der Waals surface area contributed by atoms with E-state index in [1.54, 1.807) is 0 Å². The second kappa shape index (κ2) is 8.44. The van der Waals surface area contributed by atoms with E-state index < -0.39 is 7.14 Å². The molecule has 178 valence electrons. The van der Waals surface area contributed by atoms with E-state index in [1.165, 1.54) is 22.0 Å². The van der Waals surface area contributed by atoms with E-state index in [0.717, 1.165) is 13.2 Å². The monoisotopic (exact) mass is 464 g/mol. The van der Waals surface area contributed by atoms with Crippen molar-refractivity contribution in [2.75, 3.05) is 0 Å². The minimum Gasteiger partial charge on any atom is -0.318 e. The zero-order chi connectivity index (χ0) is 25.0. The maximum atomic E-state index is 14.7. The van der Waals surface area contributed by atoms with Crippen molar-refractivity contribution >= 4 is 25.7 Å². The summed E-state index contributed by atoms with van der Waals surface area (Å²) < 4.78 is 14.7. The molecule has 0 saturated carbocycles. The highest BCUT2D eigenvalue weighted by Crippen LogP contribution is 2.68. The van der Waals surface area contributed by atoms with Crippen LogP contribution >= 0.6 is 15.3 Å². The van der Waals surface area contributed by atoms with E-state index in [4.69, 9.17) is 0 Å².